The van der Waals surface area contributed by atoms with Crippen LogP contribution in [0, 0.1) is 17.8 Å². The van der Waals surface area contributed by atoms with E-state index in [2.05, 4.69) is 4.90 Å². The minimum atomic E-state index is -4.31. The highest BCUT2D eigenvalue weighted by atomic mass is 19.4. The summed E-state index contributed by atoms with van der Waals surface area (Å²) in [6.45, 7) is 4.61. The number of carbonyl (C=O) groups excluding carboxylic acids is 1. The molecule has 0 amide bonds. The minimum Gasteiger partial charge on any atom is -0.466 e. The normalized spacial score (nSPS) is 24.4. The first-order valence-electron chi connectivity index (χ1n) is 11.9. The molecule has 2 fully saturated rings. The number of rotatable bonds is 6. The Kier molecular flexibility index (Phi) is 8.82. The number of likely N-dealkylation sites (tertiary alicyclic amines) is 1. The molecule has 6 heteroatoms. The van der Waals surface area contributed by atoms with Crippen molar-refractivity contribution < 1.29 is 22.7 Å². The molecule has 174 valence electrons. The van der Waals surface area contributed by atoms with Gasteiger partial charge in [-0.2, -0.15) is 13.2 Å². The third-order valence-corrected chi connectivity index (χ3v) is 6.91. The van der Waals surface area contributed by atoms with E-state index in [4.69, 9.17) is 4.74 Å². The van der Waals surface area contributed by atoms with E-state index in [0.717, 1.165) is 25.1 Å². The zero-order chi connectivity index (χ0) is 22.3. The van der Waals surface area contributed by atoms with Gasteiger partial charge in [0.25, 0.3) is 0 Å². The van der Waals surface area contributed by atoms with Gasteiger partial charge in [-0.3, -0.25) is 9.69 Å². The fraction of sp³-hybridized carbons (Fsp3) is 0.720. The Hall–Kier alpha value is -1.56. The Balaban J connectivity index is 1.68. The number of benzene rings is 1. The summed E-state index contributed by atoms with van der Waals surface area (Å²) >= 11 is 0. The van der Waals surface area contributed by atoms with Crippen LogP contribution in [0.2, 0.25) is 0 Å². The second-order valence-electron chi connectivity index (χ2n) is 9.36. The summed E-state index contributed by atoms with van der Waals surface area (Å²) in [6.07, 6.45) is 6.20. The molecule has 1 aromatic carbocycles. The van der Waals surface area contributed by atoms with E-state index < -0.39 is 11.7 Å². The molecule has 0 bridgehead atoms. The van der Waals surface area contributed by atoms with Gasteiger partial charge in [0.05, 0.1) is 12.2 Å². The van der Waals surface area contributed by atoms with Crippen LogP contribution < -0.4 is 0 Å². The molecule has 0 radical (unpaired) electrons. The zero-order valence-corrected chi connectivity index (χ0v) is 18.6. The second kappa shape index (κ2) is 11.3. The minimum absolute atomic E-state index is 0.139. The van der Waals surface area contributed by atoms with E-state index >= 15 is 0 Å². The second-order valence-corrected chi connectivity index (χ2v) is 9.36. The molecule has 1 aromatic rings. The molecule has 1 aliphatic heterocycles. The summed E-state index contributed by atoms with van der Waals surface area (Å²) in [4.78, 5) is 14.5. The van der Waals surface area contributed by atoms with Gasteiger partial charge < -0.3 is 4.74 Å². The molecular formula is C25H36F3NO2. The van der Waals surface area contributed by atoms with Crippen LogP contribution >= 0.6 is 0 Å². The number of halogens is 3. The Labute approximate surface area is 184 Å². The van der Waals surface area contributed by atoms with Crippen molar-refractivity contribution in [1.82, 2.24) is 4.90 Å². The van der Waals surface area contributed by atoms with Gasteiger partial charge in [0, 0.05) is 26.1 Å². The van der Waals surface area contributed by atoms with Crippen molar-refractivity contribution >= 4 is 5.97 Å². The van der Waals surface area contributed by atoms with Crippen LogP contribution in [0.5, 0.6) is 0 Å². The number of hydrogen-bond donors (Lipinski definition) is 0. The molecule has 31 heavy (non-hydrogen) atoms. The summed E-state index contributed by atoms with van der Waals surface area (Å²) in [7, 11) is 0. The predicted molar refractivity (Wildman–Crippen MR) is 115 cm³/mol. The fourth-order valence-corrected chi connectivity index (χ4v) is 5.44. The maximum absolute atomic E-state index is 12.9. The lowest BCUT2D eigenvalue weighted by Gasteiger charge is -2.41. The van der Waals surface area contributed by atoms with Crippen molar-refractivity contribution in [3.8, 4) is 0 Å². The lowest BCUT2D eigenvalue weighted by molar-refractivity contribution is -0.145. The first-order chi connectivity index (χ1) is 14.8. The Morgan fingerprint density at radius 1 is 1.00 bits per heavy atom. The molecule has 1 aliphatic carbocycles. The Morgan fingerprint density at radius 3 is 2.26 bits per heavy atom. The fourth-order valence-electron chi connectivity index (χ4n) is 5.44. The molecule has 1 heterocycles. The van der Waals surface area contributed by atoms with Crippen molar-refractivity contribution in [1.29, 1.82) is 0 Å². The average molecular weight is 440 g/mol. The van der Waals surface area contributed by atoms with Gasteiger partial charge in [0.15, 0.2) is 0 Å². The van der Waals surface area contributed by atoms with Gasteiger partial charge >= 0.3 is 12.1 Å². The number of alkyl halides is 3. The quantitative estimate of drug-likeness (QED) is 0.477. The van der Waals surface area contributed by atoms with Gasteiger partial charge in [0.2, 0.25) is 0 Å². The van der Waals surface area contributed by atoms with Crippen molar-refractivity contribution in [3.63, 3.8) is 0 Å². The summed E-state index contributed by atoms with van der Waals surface area (Å²) in [6, 6.07) is 5.51. The number of piperidine rings is 1. The van der Waals surface area contributed by atoms with E-state index in [1.165, 1.54) is 57.1 Å². The van der Waals surface area contributed by atoms with Crippen molar-refractivity contribution in [3.05, 3.63) is 35.4 Å². The largest absolute Gasteiger partial charge is 0.466 e. The molecule has 0 unspecified atom stereocenters. The molecule has 0 N–H and O–H groups in total. The zero-order valence-electron chi connectivity index (χ0n) is 18.6. The number of carbonyl (C=O) groups is 1. The van der Waals surface area contributed by atoms with Gasteiger partial charge in [-0.05, 0) is 48.8 Å². The maximum Gasteiger partial charge on any atom is 0.416 e. The van der Waals surface area contributed by atoms with Gasteiger partial charge in [-0.15, -0.1) is 0 Å². The van der Waals surface area contributed by atoms with Crippen molar-refractivity contribution in [2.24, 2.45) is 17.8 Å². The highest BCUT2D eigenvalue weighted by Crippen LogP contribution is 2.37. The van der Waals surface area contributed by atoms with E-state index in [1.54, 1.807) is 12.1 Å². The van der Waals surface area contributed by atoms with Crippen LogP contribution in [-0.2, 0) is 22.3 Å². The van der Waals surface area contributed by atoms with Gasteiger partial charge in [-0.25, -0.2) is 0 Å². The van der Waals surface area contributed by atoms with Crippen LogP contribution in [0.1, 0.15) is 75.8 Å². The Bertz CT molecular complexity index is 681. The topological polar surface area (TPSA) is 29.5 Å². The Morgan fingerprint density at radius 2 is 1.65 bits per heavy atom. The molecule has 1 saturated heterocycles. The first kappa shape index (κ1) is 24.1. The average Bonchev–Trinajstić information content (AvgIpc) is 2.67. The van der Waals surface area contributed by atoms with E-state index in [0.29, 0.717) is 31.4 Å². The molecule has 0 spiro atoms. The molecule has 3 nitrogen and oxygen atoms in total. The highest BCUT2D eigenvalue weighted by molar-refractivity contribution is 5.69. The summed E-state index contributed by atoms with van der Waals surface area (Å²) < 4.78 is 43.8. The molecule has 2 atom stereocenters. The number of hydrogen-bond acceptors (Lipinski definition) is 3. The molecule has 2 aliphatic rings. The standard InChI is InChI=1S/C25H36F3NO2/c1-2-31-24(30)15-20-14-22(21-8-6-4-3-5-7-9-21)18-29(17-20)16-19-10-12-23(13-11-19)25(26,27)28/h10-13,20-22H,2-9,14-18H2,1H3/t20-,22-/m1/s1. The third kappa shape index (κ3) is 7.51. The lowest BCUT2D eigenvalue weighted by atomic mass is 9.74. The predicted octanol–water partition coefficient (Wildman–Crippen LogP) is 6.46. The summed E-state index contributed by atoms with van der Waals surface area (Å²) in [5.41, 5.74) is 0.281. The monoisotopic (exact) mass is 439 g/mol. The van der Waals surface area contributed by atoms with E-state index in [1.807, 2.05) is 6.92 Å². The highest BCUT2D eigenvalue weighted by Gasteiger charge is 2.34. The summed E-state index contributed by atoms with van der Waals surface area (Å²) in [5.74, 6) is 1.33. The lowest BCUT2D eigenvalue weighted by Crippen LogP contribution is -2.43. The number of nitrogens with zero attached hydrogens (tertiary/aromatic N) is 1. The number of ether oxygens (including phenoxy) is 1. The molecular weight excluding hydrogens is 403 g/mol. The van der Waals surface area contributed by atoms with Crippen LogP contribution in [0.3, 0.4) is 0 Å². The van der Waals surface area contributed by atoms with Crippen LogP contribution in [-0.4, -0.2) is 30.6 Å². The molecule has 3 rings (SSSR count). The van der Waals surface area contributed by atoms with Gasteiger partial charge in [0.1, 0.15) is 0 Å². The van der Waals surface area contributed by atoms with Gasteiger partial charge in [-0.1, -0.05) is 57.1 Å². The SMILES string of the molecule is CCOC(=O)C[C@H]1C[C@@H](C2CCCCCCC2)CN(Cc2ccc(C(F)(F)F)cc2)C1. The molecule has 0 aromatic heterocycles. The maximum atomic E-state index is 12.9. The van der Waals surface area contributed by atoms with Crippen molar-refractivity contribution in [2.45, 2.75) is 77.4 Å². The smallest absolute Gasteiger partial charge is 0.416 e. The third-order valence-electron chi connectivity index (χ3n) is 6.91. The summed E-state index contributed by atoms with van der Waals surface area (Å²) in [5, 5.41) is 0. The first-order valence-corrected chi connectivity index (χ1v) is 11.9. The number of esters is 1. The van der Waals surface area contributed by atoms with E-state index in [9.17, 15) is 18.0 Å². The van der Waals surface area contributed by atoms with Crippen LogP contribution in [0.15, 0.2) is 24.3 Å². The van der Waals surface area contributed by atoms with Crippen molar-refractivity contribution in [2.75, 3.05) is 19.7 Å². The molecule has 1 saturated carbocycles. The van der Waals surface area contributed by atoms with E-state index in [-0.39, 0.29) is 11.9 Å². The van der Waals surface area contributed by atoms with Crippen LogP contribution in [0.25, 0.3) is 0 Å². The van der Waals surface area contributed by atoms with Crippen LogP contribution in [0.4, 0.5) is 13.2 Å².